The number of aromatic nitrogens is 1. The second kappa shape index (κ2) is 15.2. The van der Waals surface area contributed by atoms with Crippen molar-refractivity contribution in [3.05, 3.63) is 111 Å². The van der Waals surface area contributed by atoms with E-state index in [1.54, 1.807) is 0 Å². The molecule has 1 aromatic rings. The highest BCUT2D eigenvalue weighted by molar-refractivity contribution is 6.23. The normalized spacial score (nSPS) is 27.0. The highest BCUT2D eigenvalue weighted by atomic mass is 16.1. The number of hydrogen-bond acceptors (Lipinski definition) is 3. The van der Waals surface area contributed by atoms with E-state index in [0.717, 1.165) is 87.6 Å². The van der Waals surface area contributed by atoms with Crippen LogP contribution in [-0.2, 0) is 4.79 Å². The molecule has 3 rings (SSSR count). The van der Waals surface area contributed by atoms with Crippen LogP contribution in [0.25, 0.3) is 17.2 Å². The summed E-state index contributed by atoms with van der Waals surface area (Å²) in [6, 6.07) is 0. The van der Waals surface area contributed by atoms with Gasteiger partial charge in [-0.1, -0.05) is 58.2 Å². The largest absolute Gasteiger partial charge is 0.402 e. The molecule has 0 aliphatic carbocycles. The molecule has 0 saturated carbocycles. The number of H-pyrrole nitrogens is 1. The lowest BCUT2D eigenvalue weighted by Gasteiger charge is -2.27. The number of fused-ring (bicyclic) bond motifs is 3. The van der Waals surface area contributed by atoms with Crippen LogP contribution in [0, 0.1) is 18.8 Å². The molecule has 0 aromatic carbocycles. The van der Waals surface area contributed by atoms with Crippen molar-refractivity contribution in [3.63, 3.8) is 0 Å². The number of nitrogens with two attached hydrogens (primary N) is 1. The summed E-state index contributed by atoms with van der Waals surface area (Å²) in [4.78, 5) is 20.6. The number of aromatic amines is 1. The molecule has 0 fully saturated rings. The van der Waals surface area contributed by atoms with Gasteiger partial charge in [-0.25, -0.2) is 4.99 Å². The van der Waals surface area contributed by atoms with E-state index in [9.17, 15) is 4.79 Å². The van der Waals surface area contributed by atoms with Crippen LogP contribution in [-0.4, -0.2) is 17.0 Å². The Bertz CT molecular complexity index is 1660. The maximum absolute atomic E-state index is 11.6. The molecule has 0 radical (unpaired) electrons. The number of carbonyl (C=O) groups is 1. The first-order valence-electron chi connectivity index (χ1n) is 16.0. The lowest BCUT2D eigenvalue weighted by atomic mass is 9.78. The van der Waals surface area contributed by atoms with Gasteiger partial charge in [0.15, 0.2) is 0 Å². The molecule has 2 aliphatic rings. The van der Waals surface area contributed by atoms with Crippen LogP contribution in [0.2, 0.25) is 0 Å². The molecule has 2 aliphatic heterocycles. The molecule has 0 amide bonds. The second-order valence-electron chi connectivity index (χ2n) is 12.5. The van der Waals surface area contributed by atoms with Crippen LogP contribution in [0.1, 0.15) is 98.1 Å². The van der Waals surface area contributed by atoms with Gasteiger partial charge in [0.2, 0.25) is 0 Å². The molecular weight excluding hydrogens is 538 g/mol. The number of hydrogen-bond donors (Lipinski definition) is 2. The van der Waals surface area contributed by atoms with Gasteiger partial charge < -0.3 is 15.5 Å². The molecule has 4 nitrogen and oxygen atoms in total. The zero-order chi connectivity index (χ0) is 32.7. The van der Waals surface area contributed by atoms with Gasteiger partial charge in [0.1, 0.15) is 6.29 Å². The topological polar surface area (TPSA) is 71.2 Å². The SMILES string of the molecule is C=CC1=C/C=C2N=C(/C=c3\[nH]/c(c(C(=C)C)c3C)=C(/CC(=C)CC)C(C)[C@@H](CCC=O)C\C(N)=C\C(C)=C\1C)C(CC)=C\2C. The van der Waals surface area contributed by atoms with Crippen LogP contribution in [0.4, 0.5) is 0 Å². The van der Waals surface area contributed by atoms with Gasteiger partial charge in [-0.15, -0.1) is 0 Å². The predicted octanol–water partition coefficient (Wildman–Crippen LogP) is 8.64. The summed E-state index contributed by atoms with van der Waals surface area (Å²) >= 11 is 0. The van der Waals surface area contributed by atoms with Crippen molar-refractivity contribution in [2.75, 3.05) is 0 Å². The van der Waals surface area contributed by atoms with Gasteiger partial charge in [-0.2, -0.15) is 0 Å². The van der Waals surface area contributed by atoms with E-state index in [2.05, 4.69) is 104 Å². The van der Waals surface area contributed by atoms with E-state index in [4.69, 9.17) is 10.7 Å². The van der Waals surface area contributed by atoms with Crippen LogP contribution in [0.3, 0.4) is 0 Å². The van der Waals surface area contributed by atoms with E-state index in [1.807, 2.05) is 6.08 Å². The molecule has 3 N–H and O–H groups in total. The molecule has 1 unspecified atom stereocenters. The van der Waals surface area contributed by atoms with E-state index < -0.39 is 0 Å². The van der Waals surface area contributed by atoms with Gasteiger partial charge in [0, 0.05) is 28.4 Å². The third-order valence-electron chi connectivity index (χ3n) is 9.48. The molecule has 0 spiro atoms. The van der Waals surface area contributed by atoms with E-state index >= 15 is 0 Å². The van der Waals surface area contributed by atoms with Crippen LogP contribution < -0.4 is 16.4 Å². The second-order valence-corrected chi connectivity index (χ2v) is 12.5. The highest BCUT2D eigenvalue weighted by Crippen LogP contribution is 2.34. The molecule has 2 atom stereocenters. The van der Waals surface area contributed by atoms with Gasteiger partial charge in [0.25, 0.3) is 0 Å². The Balaban J connectivity index is 2.52. The molecule has 4 bridgehead atoms. The first kappa shape index (κ1) is 34.6. The summed E-state index contributed by atoms with van der Waals surface area (Å²) in [6.07, 6.45) is 15.9. The quantitative estimate of drug-likeness (QED) is 0.223. The third kappa shape index (κ3) is 7.59. The Hall–Kier alpha value is -3.92. The van der Waals surface area contributed by atoms with Crippen LogP contribution >= 0.6 is 0 Å². The van der Waals surface area contributed by atoms with Crippen molar-refractivity contribution in [2.24, 2.45) is 22.6 Å². The smallest absolute Gasteiger partial charge is 0.120 e. The summed E-state index contributed by atoms with van der Waals surface area (Å²) in [5.74, 6) is 0.322. The Kier molecular flexibility index (Phi) is 11.9. The van der Waals surface area contributed by atoms with E-state index in [1.165, 1.54) is 27.9 Å². The summed E-state index contributed by atoms with van der Waals surface area (Å²) in [7, 11) is 0. The fourth-order valence-electron chi connectivity index (χ4n) is 6.48. The van der Waals surface area contributed by atoms with Crippen molar-refractivity contribution >= 4 is 29.2 Å². The maximum Gasteiger partial charge on any atom is 0.120 e. The maximum atomic E-state index is 11.6. The summed E-state index contributed by atoms with van der Waals surface area (Å²) < 4.78 is 0. The van der Waals surface area contributed by atoms with Gasteiger partial charge in [-0.05, 0) is 141 Å². The predicted molar refractivity (Wildman–Crippen MR) is 191 cm³/mol. The number of nitrogens with one attached hydrogen (secondary N) is 1. The zero-order valence-corrected chi connectivity index (χ0v) is 28.4. The molecule has 0 saturated heterocycles. The van der Waals surface area contributed by atoms with Gasteiger partial charge in [0.05, 0.1) is 11.4 Å². The summed E-state index contributed by atoms with van der Waals surface area (Å²) in [6.45, 7) is 30.2. The lowest BCUT2D eigenvalue weighted by molar-refractivity contribution is -0.108. The first-order valence-corrected chi connectivity index (χ1v) is 16.0. The fourth-order valence-corrected chi connectivity index (χ4v) is 6.48. The van der Waals surface area contributed by atoms with Crippen molar-refractivity contribution in [1.82, 2.24) is 4.98 Å². The fraction of sp³-hybridized carbons (Fsp3) is 0.400. The monoisotopic (exact) mass is 591 g/mol. The van der Waals surface area contributed by atoms with E-state index in [0.29, 0.717) is 12.8 Å². The average molecular weight is 592 g/mol. The number of carbonyl (C=O) groups excluding carboxylic acids is 1. The molecule has 1 aromatic heterocycles. The van der Waals surface area contributed by atoms with Crippen LogP contribution in [0.5, 0.6) is 0 Å². The first-order chi connectivity index (χ1) is 20.9. The summed E-state index contributed by atoms with van der Waals surface area (Å²) in [5, 5.41) is 2.16. The number of nitrogens with zero attached hydrogens (tertiary/aromatic N) is 1. The van der Waals surface area contributed by atoms with Crippen molar-refractivity contribution in [1.29, 1.82) is 0 Å². The number of aldehydes is 1. The zero-order valence-electron chi connectivity index (χ0n) is 28.4. The van der Waals surface area contributed by atoms with Gasteiger partial charge in [-0.3, -0.25) is 0 Å². The number of allylic oxidation sites excluding steroid dienone is 12. The molecule has 234 valence electrons. The van der Waals surface area contributed by atoms with Crippen molar-refractivity contribution in [3.8, 4) is 0 Å². The average Bonchev–Trinajstić information content (AvgIpc) is 3.47. The minimum absolute atomic E-state index is 0.147. The molecule has 44 heavy (non-hydrogen) atoms. The molecule has 4 heteroatoms. The Morgan fingerprint density at radius 2 is 1.82 bits per heavy atom. The van der Waals surface area contributed by atoms with Crippen LogP contribution in [0.15, 0.2) is 93.9 Å². The molecule has 3 heterocycles. The Labute approximate surface area is 265 Å². The number of aliphatic imine (C=N–C) groups is 1. The molecular formula is C40H53N3O. The number of rotatable bonds is 9. The lowest BCUT2D eigenvalue weighted by Crippen LogP contribution is -2.25. The minimum Gasteiger partial charge on any atom is -0.402 e. The summed E-state index contributed by atoms with van der Waals surface area (Å²) in [5.41, 5.74) is 21.0. The van der Waals surface area contributed by atoms with Crippen molar-refractivity contribution in [2.45, 2.75) is 93.9 Å². The third-order valence-corrected chi connectivity index (χ3v) is 9.48. The highest BCUT2D eigenvalue weighted by Gasteiger charge is 2.25. The standard InChI is InChI=1S/C40H53N3O/c1-12-25(6)20-35-28(9)32(16-15-19-44)22-33(41)21-26(7)27(8)31(13-2)17-18-36-29(10)34(14-3)38(42-36)23-37-30(11)39(24(4)5)40(35)43-37/h13,17-19,21,23,28,32,43H,2,4,6,12,14-16,20,22,41H2,1,3,5,7-11H3/b27-26+,31-17-,33-21-,36-18-,37-23-,40-35-/t28?,32-/m0/s1. The van der Waals surface area contributed by atoms with E-state index in [-0.39, 0.29) is 11.8 Å². The van der Waals surface area contributed by atoms with Crippen molar-refractivity contribution < 1.29 is 4.79 Å². The Morgan fingerprint density at radius 1 is 1.11 bits per heavy atom. The minimum atomic E-state index is 0.147. The van der Waals surface area contributed by atoms with Gasteiger partial charge >= 0.3 is 0 Å². The Morgan fingerprint density at radius 3 is 2.41 bits per heavy atom.